The maximum absolute atomic E-state index is 12.0. The first-order chi connectivity index (χ1) is 10.7. The lowest BCUT2D eigenvalue weighted by Gasteiger charge is -2.36. The summed E-state index contributed by atoms with van der Waals surface area (Å²) in [7, 11) is 0. The molecule has 3 rings (SSSR count). The van der Waals surface area contributed by atoms with Gasteiger partial charge in [0.2, 0.25) is 5.91 Å². The molecule has 118 valence electrons. The Morgan fingerprint density at radius 1 is 1.27 bits per heavy atom. The lowest BCUT2D eigenvalue weighted by Crippen LogP contribution is -2.48. The highest BCUT2D eigenvalue weighted by Gasteiger charge is 2.21. The summed E-state index contributed by atoms with van der Waals surface area (Å²) in [5.41, 5.74) is 2.31. The average molecular weight is 303 g/mol. The van der Waals surface area contributed by atoms with E-state index in [1.54, 1.807) is 0 Å². The number of carbonyl (C=O) groups excluding carboxylic acids is 1. The highest BCUT2D eigenvalue weighted by atomic mass is 16.4. The summed E-state index contributed by atoms with van der Waals surface area (Å²) in [5.74, 6) is -0.174. The summed E-state index contributed by atoms with van der Waals surface area (Å²) in [4.78, 5) is 30.0. The van der Waals surface area contributed by atoms with E-state index in [-0.39, 0.29) is 5.91 Å². The Balaban J connectivity index is 1.64. The highest BCUT2D eigenvalue weighted by Crippen LogP contribution is 2.21. The van der Waals surface area contributed by atoms with Crippen LogP contribution in [0.4, 0.5) is 5.69 Å². The van der Waals surface area contributed by atoms with Crippen molar-refractivity contribution in [3.05, 3.63) is 28.7 Å². The minimum absolute atomic E-state index is 0.258. The van der Waals surface area contributed by atoms with E-state index in [9.17, 15) is 9.59 Å². The monoisotopic (exact) mass is 303 g/mol. The number of fused-ring (bicyclic) bond motifs is 1. The van der Waals surface area contributed by atoms with Crippen LogP contribution in [0.5, 0.6) is 0 Å². The van der Waals surface area contributed by atoms with Crippen molar-refractivity contribution in [2.75, 3.05) is 31.1 Å². The molecular formula is C16H21N3O3. The van der Waals surface area contributed by atoms with Gasteiger partial charge in [0.05, 0.1) is 5.52 Å². The smallest absolute Gasteiger partial charge is 0.408 e. The number of anilines is 1. The van der Waals surface area contributed by atoms with E-state index in [0.29, 0.717) is 17.5 Å². The number of benzene rings is 1. The van der Waals surface area contributed by atoms with Crippen molar-refractivity contribution in [1.82, 2.24) is 9.88 Å². The lowest BCUT2D eigenvalue weighted by atomic mass is 10.2. The van der Waals surface area contributed by atoms with Crippen molar-refractivity contribution < 1.29 is 9.21 Å². The number of aromatic nitrogens is 1. The Kier molecular flexibility index (Phi) is 4.18. The Hall–Kier alpha value is -2.24. The van der Waals surface area contributed by atoms with Crippen LogP contribution in [0.3, 0.4) is 0 Å². The number of aromatic amines is 1. The predicted octanol–water partition coefficient (Wildman–Crippen LogP) is 1.96. The van der Waals surface area contributed by atoms with Gasteiger partial charge in [-0.25, -0.2) is 4.79 Å². The minimum atomic E-state index is -0.432. The number of carbonyl (C=O) groups is 1. The van der Waals surface area contributed by atoms with Crippen LogP contribution in [-0.4, -0.2) is 42.0 Å². The second-order valence-corrected chi connectivity index (χ2v) is 5.67. The predicted molar refractivity (Wildman–Crippen MR) is 85.2 cm³/mol. The molecule has 0 unspecified atom stereocenters. The number of rotatable bonds is 4. The van der Waals surface area contributed by atoms with Crippen molar-refractivity contribution in [2.45, 2.75) is 26.2 Å². The van der Waals surface area contributed by atoms with Crippen molar-refractivity contribution in [3.8, 4) is 0 Å². The quantitative estimate of drug-likeness (QED) is 0.937. The zero-order chi connectivity index (χ0) is 15.5. The fourth-order valence-corrected chi connectivity index (χ4v) is 2.83. The molecule has 6 heteroatoms. The standard InChI is InChI=1S/C16H21N3O3/c1-2-3-4-15(20)19-9-7-18(8-10-19)12-5-6-13-14(11-12)22-16(21)17-13/h5-6,11H,2-4,7-10H2,1H3,(H,17,21). The lowest BCUT2D eigenvalue weighted by molar-refractivity contribution is -0.131. The van der Waals surface area contributed by atoms with Gasteiger partial charge in [-0.1, -0.05) is 13.3 Å². The van der Waals surface area contributed by atoms with Crippen LogP contribution in [0.1, 0.15) is 26.2 Å². The van der Waals surface area contributed by atoms with Gasteiger partial charge in [0.1, 0.15) is 0 Å². The van der Waals surface area contributed by atoms with Gasteiger partial charge in [-0.2, -0.15) is 0 Å². The SMILES string of the molecule is CCCCC(=O)N1CCN(c2ccc3[nH]c(=O)oc3c2)CC1. The third-order valence-corrected chi connectivity index (χ3v) is 4.15. The molecule has 1 aliphatic rings. The van der Waals surface area contributed by atoms with E-state index >= 15 is 0 Å². The van der Waals surface area contributed by atoms with Gasteiger partial charge < -0.3 is 14.2 Å². The van der Waals surface area contributed by atoms with Crippen LogP contribution in [0.15, 0.2) is 27.4 Å². The summed E-state index contributed by atoms with van der Waals surface area (Å²) in [5, 5.41) is 0. The summed E-state index contributed by atoms with van der Waals surface area (Å²) in [6.07, 6.45) is 2.66. The summed E-state index contributed by atoms with van der Waals surface area (Å²) >= 11 is 0. The molecule has 0 saturated carbocycles. The number of nitrogens with zero attached hydrogens (tertiary/aromatic N) is 2. The average Bonchev–Trinajstić information content (AvgIpc) is 2.91. The molecule has 0 radical (unpaired) electrons. The first-order valence-electron chi connectivity index (χ1n) is 7.83. The number of hydrogen-bond acceptors (Lipinski definition) is 4. The van der Waals surface area contributed by atoms with Gasteiger partial charge in [0.25, 0.3) is 0 Å². The topological polar surface area (TPSA) is 69.6 Å². The molecule has 1 aliphatic heterocycles. The molecular weight excluding hydrogens is 282 g/mol. The van der Waals surface area contributed by atoms with E-state index < -0.39 is 5.76 Å². The van der Waals surface area contributed by atoms with Gasteiger partial charge in [-0.3, -0.25) is 9.78 Å². The zero-order valence-corrected chi connectivity index (χ0v) is 12.8. The van der Waals surface area contributed by atoms with Gasteiger partial charge >= 0.3 is 5.76 Å². The van der Waals surface area contributed by atoms with E-state index in [4.69, 9.17) is 4.42 Å². The fourth-order valence-electron chi connectivity index (χ4n) is 2.83. The maximum Gasteiger partial charge on any atom is 0.417 e. The normalized spacial score (nSPS) is 15.5. The second kappa shape index (κ2) is 6.25. The van der Waals surface area contributed by atoms with Gasteiger partial charge in [-0.15, -0.1) is 0 Å². The van der Waals surface area contributed by atoms with Crippen molar-refractivity contribution in [3.63, 3.8) is 0 Å². The van der Waals surface area contributed by atoms with Crippen molar-refractivity contribution >= 4 is 22.7 Å². The van der Waals surface area contributed by atoms with Crippen LogP contribution in [0, 0.1) is 0 Å². The first kappa shape index (κ1) is 14.7. The molecule has 1 aromatic heterocycles. The number of hydrogen-bond donors (Lipinski definition) is 1. The summed E-state index contributed by atoms with van der Waals surface area (Å²) < 4.78 is 5.10. The van der Waals surface area contributed by atoms with Crippen LogP contribution in [0.25, 0.3) is 11.1 Å². The Labute approximate surface area is 128 Å². The molecule has 2 heterocycles. The molecule has 0 bridgehead atoms. The zero-order valence-electron chi connectivity index (χ0n) is 12.8. The van der Waals surface area contributed by atoms with E-state index in [1.165, 1.54) is 0 Å². The molecule has 6 nitrogen and oxygen atoms in total. The Morgan fingerprint density at radius 2 is 2.05 bits per heavy atom. The van der Waals surface area contributed by atoms with Crippen LogP contribution in [-0.2, 0) is 4.79 Å². The third-order valence-electron chi connectivity index (χ3n) is 4.15. The summed E-state index contributed by atoms with van der Waals surface area (Å²) in [6.45, 7) is 5.20. The fraction of sp³-hybridized carbons (Fsp3) is 0.500. The molecule has 1 aromatic carbocycles. The number of oxazole rings is 1. The minimum Gasteiger partial charge on any atom is -0.408 e. The Bertz CT molecular complexity index is 711. The molecule has 1 N–H and O–H groups in total. The molecule has 1 amide bonds. The molecule has 0 aliphatic carbocycles. The van der Waals surface area contributed by atoms with Gasteiger partial charge in [0, 0.05) is 44.4 Å². The van der Waals surface area contributed by atoms with Crippen LogP contribution < -0.4 is 10.7 Å². The van der Waals surface area contributed by atoms with Gasteiger partial charge in [-0.05, 0) is 18.6 Å². The van der Waals surface area contributed by atoms with Crippen LogP contribution in [0.2, 0.25) is 0 Å². The number of piperazine rings is 1. The largest absolute Gasteiger partial charge is 0.417 e. The molecule has 22 heavy (non-hydrogen) atoms. The molecule has 1 saturated heterocycles. The number of amides is 1. The Morgan fingerprint density at radius 3 is 2.77 bits per heavy atom. The van der Waals surface area contributed by atoms with Crippen LogP contribution >= 0.6 is 0 Å². The van der Waals surface area contributed by atoms with E-state index in [2.05, 4.69) is 16.8 Å². The maximum atomic E-state index is 12.0. The third kappa shape index (κ3) is 3.00. The second-order valence-electron chi connectivity index (χ2n) is 5.67. The van der Waals surface area contributed by atoms with Crippen molar-refractivity contribution in [2.24, 2.45) is 0 Å². The molecule has 1 fully saturated rings. The molecule has 0 atom stereocenters. The summed E-state index contributed by atoms with van der Waals surface area (Å²) in [6, 6.07) is 5.71. The highest BCUT2D eigenvalue weighted by molar-refractivity contribution is 5.78. The van der Waals surface area contributed by atoms with E-state index in [0.717, 1.165) is 44.7 Å². The first-order valence-corrected chi connectivity index (χ1v) is 7.83. The van der Waals surface area contributed by atoms with Gasteiger partial charge in [0.15, 0.2) is 5.58 Å². The van der Waals surface area contributed by atoms with E-state index in [1.807, 2.05) is 23.1 Å². The molecule has 0 spiro atoms. The molecule has 2 aromatic rings. The number of nitrogens with one attached hydrogen (secondary N) is 1. The van der Waals surface area contributed by atoms with Crippen molar-refractivity contribution in [1.29, 1.82) is 0 Å². The number of H-pyrrole nitrogens is 1. The number of unbranched alkanes of at least 4 members (excludes halogenated alkanes) is 1.